The summed E-state index contributed by atoms with van der Waals surface area (Å²) in [4.78, 5) is 16.5. The van der Waals surface area contributed by atoms with Crippen molar-refractivity contribution < 1.29 is 23.5 Å². The lowest BCUT2D eigenvalue weighted by atomic mass is 10.2. The van der Waals surface area contributed by atoms with E-state index in [1.54, 1.807) is 26.4 Å². The minimum Gasteiger partial charge on any atom is -0.493 e. The summed E-state index contributed by atoms with van der Waals surface area (Å²) < 4.78 is 21.2. The third kappa shape index (κ3) is 5.04. The Labute approximate surface area is 168 Å². The normalized spacial score (nSPS) is 10.7. The molecule has 1 aromatic heterocycles. The third-order valence-electron chi connectivity index (χ3n) is 4.01. The Morgan fingerprint density at radius 3 is 2.45 bits per heavy atom. The Bertz CT molecular complexity index is 967. The summed E-state index contributed by atoms with van der Waals surface area (Å²) in [6.07, 6.45) is 0.0898. The van der Waals surface area contributed by atoms with Gasteiger partial charge < -0.3 is 24.1 Å². The molecule has 0 aliphatic heterocycles. The molecule has 3 aromatic rings. The van der Waals surface area contributed by atoms with E-state index in [1.165, 1.54) is 0 Å². The quantitative estimate of drug-likeness (QED) is 0.622. The van der Waals surface area contributed by atoms with Gasteiger partial charge in [0.25, 0.3) is 0 Å². The highest BCUT2D eigenvalue weighted by Gasteiger charge is 2.16. The van der Waals surface area contributed by atoms with Crippen molar-refractivity contribution in [3.05, 3.63) is 53.9 Å². The molecule has 0 fully saturated rings. The molecule has 29 heavy (non-hydrogen) atoms. The zero-order chi connectivity index (χ0) is 20.8. The molecule has 0 aliphatic rings. The van der Waals surface area contributed by atoms with E-state index >= 15 is 0 Å². The molecular weight excluding hydrogens is 374 g/mol. The van der Waals surface area contributed by atoms with Crippen molar-refractivity contribution in [1.29, 1.82) is 0 Å². The fourth-order valence-corrected chi connectivity index (χ4v) is 2.64. The van der Waals surface area contributed by atoms with E-state index in [1.807, 2.05) is 44.2 Å². The van der Waals surface area contributed by atoms with Crippen LogP contribution in [0.2, 0.25) is 0 Å². The van der Waals surface area contributed by atoms with E-state index in [0.29, 0.717) is 17.3 Å². The molecule has 0 atom stereocenters. The van der Waals surface area contributed by atoms with Crippen LogP contribution in [0.4, 0.5) is 0 Å². The number of carbonyl (C=O) groups is 1. The number of carbonyl (C=O) groups excluding carboxylic acids is 1. The monoisotopic (exact) mass is 397 g/mol. The molecule has 8 nitrogen and oxygen atoms in total. The number of hydrogen-bond acceptors (Lipinski definition) is 7. The van der Waals surface area contributed by atoms with Gasteiger partial charge in [-0.1, -0.05) is 11.2 Å². The molecule has 3 rings (SSSR count). The van der Waals surface area contributed by atoms with Gasteiger partial charge in [0.15, 0.2) is 11.5 Å². The number of amides is 1. The van der Waals surface area contributed by atoms with Crippen molar-refractivity contribution in [3.8, 4) is 28.6 Å². The zero-order valence-electron chi connectivity index (χ0n) is 16.8. The molecule has 0 saturated carbocycles. The van der Waals surface area contributed by atoms with Gasteiger partial charge >= 0.3 is 11.8 Å². The lowest BCUT2D eigenvalue weighted by Gasteiger charge is -2.09. The Kier molecular flexibility index (Phi) is 6.33. The maximum atomic E-state index is 12.3. The zero-order valence-corrected chi connectivity index (χ0v) is 16.8. The van der Waals surface area contributed by atoms with Gasteiger partial charge in [-0.3, -0.25) is 4.79 Å². The molecule has 1 amide bonds. The summed E-state index contributed by atoms with van der Waals surface area (Å²) in [5, 5.41) is 6.63. The van der Waals surface area contributed by atoms with Crippen LogP contribution in [0, 0.1) is 0 Å². The van der Waals surface area contributed by atoms with Crippen molar-refractivity contribution in [2.45, 2.75) is 26.5 Å². The van der Waals surface area contributed by atoms with Crippen LogP contribution in [0.5, 0.6) is 17.2 Å². The SMILES string of the molecule is COc1ccc(CNC(=O)c2nc(-c3ccc(OC(C)C)cc3)no2)cc1OC. The number of nitrogens with zero attached hydrogens (tertiary/aromatic N) is 2. The van der Waals surface area contributed by atoms with Crippen molar-refractivity contribution in [1.82, 2.24) is 15.5 Å². The maximum Gasteiger partial charge on any atom is 0.316 e. The lowest BCUT2D eigenvalue weighted by molar-refractivity contribution is 0.0907. The lowest BCUT2D eigenvalue weighted by Crippen LogP contribution is -2.23. The number of rotatable bonds is 8. The number of aromatic nitrogens is 2. The standard InChI is InChI=1S/C21H23N3O5/c1-13(2)28-16-8-6-15(7-9-16)19-23-21(29-24-19)20(25)22-12-14-5-10-17(26-3)18(11-14)27-4/h5-11,13H,12H2,1-4H3,(H,22,25). The first-order chi connectivity index (χ1) is 14.0. The molecular formula is C21H23N3O5. The molecule has 8 heteroatoms. The first kappa shape index (κ1) is 20.2. The molecule has 1 heterocycles. The summed E-state index contributed by atoms with van der Waals surface area (Å²) in [6.45, 7) is 4.19. The van der Waals surface area contributed by atoms with E-state index in [9.17, 15) is 4.79 Å². The second-order valence-electron chi connectivity index (χ2n) is 6.49. The molecule has 1 N–H and O–H groups in total. The topological polar surface area (TPSA) is 95.7 Å². The molecule has 2 aromatic carbocycles. The van der Waals surface area contributed by atoms with Crippen LogP contribution >= 0.6 is 0 Å². The highest BCUT2D eigenvalue weighted by atomic mass is 16.5. The summed E-state index contributed by atoms with van der Waals surface area (Å²) in [5.74, 6) is 1.72. The van der Waals surface area contributed by atoms with Crippen molar-refractivity contribution in [2.24, 2.45) is 0 Å². The van der Waals surface area contributed by atoms with Crippen LogP contribution in [-0.4, -0.2) is 36.4 Å². The van der Waals surface area contributed by atoms with Crippen molar-refractivity contribution >= 4 is 5.91 Å². The molecule has 152 valence electrons. The fraction of sp³-hybridized carbons (Fsp3) is 0.286. The largest absolute Gasteiger partial charge is 0.493 e. The van der Waals surface area contributed by atoms with Crippen LogP contribution < -0.4 is 19.5 Å². The Hall–Kier alpha value is -3.55. The van der Waals surface area contributed by atoms with E-state index in [-0.39, 0.29) is 18.5 Å². The summed E-state index contributed by atoms with van der Waals surface area (Å²) in [6, 6.07) is 12.7. The summed E-state index contributed by atoms with van der Waals surface area (Å²) in [5.41, 5.74) is 1.57. The molecule has 0 unspecified atom stereocenters. The number of ether oxygens (including phenoxy) is 3. The van der Waals surface area contributed by atoms with E-state index < -0.39 is 5.91 Å². The molecule has 0 radical (unpaired) electrons. The number of benzene rings is 2. The first-order valence-electron chi connectivity index (χ1n) is 9.10. The number of nitrogens with one attached hydrogen (secondary N) is 1. The molecule has 0 spiro atoms. The van der Waals surface area contributed by atoms with Crippen LogP contribution in [-0.2, 0) is 6.54 Å². The predicted molar refractivity (Wildman–Crippen MR) is 106 cm³/mol. The minimum atomic E-state index is -0.460. The molecule has 0 bridgehead atoms. The fourth-order valence-electron chi connectivity index (χ4n) is 2.64. The second-order valence-corrected chi connectivity index (χ2v) is 6.49. The van der Waals surface area contributed by atoms with Gasteiger partial charge in [0, 0.05) is 12.1 Å². The van der Waals surface area contributed by atoms with E-state index in [0.717, 1.165) is 16.9 Å². The van der Waals surface area contributed by atoms with Gasteiger partial charge in [0.05, 0.1) is 20.3 Å². The predicted octanol–water partition coefficient (Wildman–Crippen LogP) is 3.47. The van der Waals surface area contributed by atoms with Crippen LogP contribution in [0.15, 0.2) is 47.0 Å². The van der Waals surface area contributed by atoms with Crippen molar-refractivity contribution in [3.63, 3.8) is 0 Å². The average Bonchev–Trinajstić information content (AvgIpc) is 3.22. The number of hydrogen-bond donors (Lipinski definition) is 1. The third-order valence-corrected chi connectivity index (χ3v) is 4.01. The van der Waals surface area contributed by atoms with Gasteiger partial charge in [-0.15, -0.1) is 0 Å². The van der Waals surface area contributed by atoms with Crippen LogP contribution in [0.1, 0.15) is 30.1 Å². The number of methoxy groups -OCH3 is 2. The second kappa shape index (κ2) is 9.09. The maximum absolute atomic E-state index is 12.3. The Morgan fingerprint density at radius 1 is 1.07 bits per heavy atom. The van der Waals surface area contributed by atoms with Crippen molar-refractivity contribution in [2.75, 3.05) is 14.2 Å². The minimum absolute atomic E-state index is 0.0898. The summed E-state index contributed by atoms with van der Waals surface area (Å²) >= 11 is 0. The van der Waals surface area contributed by atoms with Gasteiger partial charge in [0.2, 0.25) is 5.82 Å². The summed E-state index contributed by atoms with van der Waals surface area (Å²) in [7, 11) is 3.12. The smallest absolute Gasteiger partial charge is 0.316 e. The van der Waals surface area contributed by atoms with E-state index in [4.69, 9.17) is 18.7 Å². The highest BCUT2D eigenvalue weighted by Crippen LogP contribution is 2.27. The molecule has 0 saturated heterocycles. The van der Waals surface area contributed by atoms with Gasteiger partial charge in [0.1, 0.15) is 5.75 Å². The van der Waals surface area contributed by atoms with Crippen LogP contribution in [0.25, 0.3) is 11.4 Å². The Balaban J connectivity index is 1.63. The first-order valence-corrected chi connectivity index (χ1v) is 9.10. The van der Waals surface area contributed by atoms with Gasteiger partial charge in [-0.25, -0.2) is 0 Å². The van der Waals surface area contributed by atoms with Crippen LogP contribution in [0.3, 0.4) is 0 Å². The highest BCUT2D eigenvalue weighted by molar-refractivity contribution is 5.89. The average molecular weight is 397 g/mol. The Morgan fingerprint density at radius 2 is 1.79 bits per heavy atom. The molecule has 0 aliphatic carbocycles. The van der Waals surface area contributed by atoms with Gasteiger partial charge in [-0.05, 0) is 55.8 Å². The van der Waals surface area contributed by atoms with Gasteiger partial charge in [-0.2, -0.15) is 4.98 Å². The van der Waals surface area contributed by atoms with E-state index in [2.05, 4.69) is 15.5 Å².